The Morgan fingerprint density at radius 1 is 1.04 bits per heavy atom. The first-order chi connectivity index (χ1) is 12.2. The molecule has 0 amide bonds. The van der Waals surface area contributed by atoms with E-state index in [0.717, 1.165) is 31.5 Å². The molecule has 1 aliphatic rings. The monoisotopic (exact) mass is 346 g/mol. The number of hydrogen-bond acceptors (Lipinski definition) is 9. The van der Waals surface area contributed by atoms with Crippen LogP contribution in [0.15, 0.2) is 12.4 Å². The van der Waals surface area contributed by atoms with Crippen LogP contribution in [0.4, 0.5) is 5.95 Å². The minimum atomic E-state index is 0.244. The lowest BCUT2D eigenvalue weighted by Gasteiger charge is -2.32. The van der Waals surface area contributed by atoms with Crippen molar-refractivity contribution in [2.24, 2.45) is 5.92 Å². The topological polar surface area (TPSA) is 95.4 Å². The Labute approximate surface area is 146 Å². The van der Waals surface area contributed by atoms with Crippen molar-refractivity contribution in [2.45, 2.75) is 19.8 Å². The molecule has 1 saturated heterocycles. The van der Waals surface area contributed by atoms with Gasteiger partial charge in [0.2, 0.25) is 5.95 Å². The van der Waals surface area contributed by atoms with E-state index < -0.39 is 0 Å². The number of anilines is 1. The first-order valence-corrected chi connectivity index (χ1v) is 8.18. The van der Waals surface area contributed by atoms with Crippen molar-refractivity contribution >= 4 is 5.95 Å². The average molecular weight is 346 g/mol. The van der Waals surface area contributed by atoms with Gasteiger partial charge in [0.1, 0.15) is 0 Å². The van der Waals surface area contributed by atoms with Gasteiger partial charge in [-0.15, -0.1) is 4.98 Å². The van der Waals surface area contributed by atoms with Gasteiger partial charge in [-0.25, -0.2) is 9.97 Å². The summed E-state index contributed by atoms with van der Waals surface area (Å²) in [6.07, 6.45) is 5.60. The fourth-order valence-electron chi connectivity index (χ4n) is 2.68. The van der Waals surface area contributed by atoms with Gasteiger partial charge < -0.3 is 19.1 Å². The molecule has 0 saturated carbocycles. The SMILES string of the molecule is COc1nc(OC)nc(N2CCCC(COc3ncc(C)cn3)C2)n1. The van der Waals surface area contributed by atoms with Gasteiger partial charge in [-0.2, -0.15) is 9.97 Å². The van der Waals surface area contributed by atoms with Crippen LogP contribution in [0.3, 0.4) is 0 Å². The largest absolute Gasteiger partial charge is 0.467 e. The molecule has 0 spiro atoms. The van der Waals surface area contributed by atoms with Crippen molar-refractivity contribution in [2.75, 3.05) is 38.8 Å². The van der Waals surface area contributed by atoms with Gasteiger partial charge in [0, 0.05) is 31.4 Å². The quantitative estimate of drug-likeness (QED) is 0.766. The van der Waals surface area contributed by atoms with Crippen LogP contribution >= 0.6 is 0 Å². The molecule has 2 aromatic heterocycles. The first kappa shape index (κ1) is 17.1. The second-order valence-corrected chi connectivity index (χ2v) is 5.92. The van der Waals surface area contributed by atoms with Crippen LogP contribution in [0, 0.1) is 12.8 Å². The Balaban J connectivity index is 1.63. The summed E-state index contributed by atoms with van der Waals surface area (Å²) >= 11 is 0. The van der Waals surface area contributed by atoms with E-state index in [1.54, 1.807) is 12.4 Å². The fourth-order valence-corrected chi connectivity index (χ4v) is 2.68. The Hall–Kier alpha value is -2.71. The van der Waals surface area contributed by atoms with Crippen LogP contribution in [0.1, 0.15) is 18.4 Å². The molecule has 2 aromatic rings. The maximum atomic E-state index is 5.72. The van der Waals surface area contributed by atoms with Crippen molar-refractivity contribution in [1.29, 1.82) is 0 Å². The van der Waals surface area contributed by atoms with E-state index in [9.17, 15) is 0 Å². The lowest BCUT2D eigenvalue weighted by Crippen LogP contribution is -2.39. The molecule has 0 bridgehead atoms. The molecule has 0 aliphatic carbocycles. The molecule has 25 heavy (non-hydrogen) atoms. The summed E-state index contributed by atoms with van der Waals surface area (Å²) in [5, 5.41) is 0. The predicted molar refractivity (Wildman–Crippen MR) is 90.1 cm³/mol. The number of methoxy groups -OCH3 is 2. The second kappa shape index (κ2) is 7.91. The summed E-state index contributed by atoms with van der Waals surface area (Å²) in [4.78, 5) is 23.1. The molecule has 0 N–H and O–H groups in total. The molecule has 134 valence electrons. The summed E-state index contributed by atoms with van der Waals surface area (Å²) in [6, 6.07) is 0.896. The van der Waals surface area contributed by atoms with E-state index in [2.05, 4.69) is 29.8 Å². The second-order valence-electron chi connectivity index (χ2n) is 5.92. The Bertz CT molecular complexity index is 675. The highest BCUT2D eigenvalue weighted by atomic mass is 16.5. The minimum absolute atomic E-state index is 0.244. The van der Waals surface area contributed by atoms with E-state index >= 15 is 0 Å². The van der Waals surface area contributed by atoms with Crippen LogP contribution in [0.5, 0.6) is 18.0 Å². The number of aryl methyl sites for hydroxylation is 1. The molecule has 0 aromatic carbocycles. The molecule has 9 heteroatoms. The van der Waals surface area contributed by atoms with Crippen LogP contribution < -0.4 is 19.1 Å². The maximum Gasteiger partial charge on any atom is 0.324 e. The van der Waals surface area contributed by atoms with Gasteiger partial charge in [-0.1, -0.05) is 0 Å². The highest BCUT2D eigenvalue weighted by Crippen LogP contribution is 2.23. The summed E-state index contributed by atoms with van der Waals surface area (Å²) in [5.41, 5.74) is 1.01. The third kappa shape index (κ3) is 4.43. The van der Waals surface area contributed by atoms with Crippen LogP contribution in [0.25, 0.3) is 0 Å². The molecular formula is C16H22N6O3. The van der Waals surface area contributed by atoms with Gasteiger partial charge in [0.05, 0.1) is 20.8 Å². The molecule has 3 rings (SSSR count). The molecule has 1 atom stereocenters. The molecule has 3 heterocycles. The zero-order chi connectivity index (χ0) is 17.6. The normalized spacial score (nSPS) is 17.2. The van der Waals surface area contributed by atoms with E-state index in [-0.39, 0.29) is 12.0 Å². The Kier molecular flexibility index (Phi) is 5.42. The number of ether oxygens (including phenoxy) is 3. The van der Waals surface area contributed by atoms with Crippen LogP contribution in [0.2, 0.25) is 0 Å². The summed E-state index contributed by atoms with van der Waals surface area (Å²) in [7, 11) is 3.04. The third-order valence-electron chi connectivity index (χ3n) is 3.95. The van der Waals surface area contributed by atoms with Crippen molar-refractivity contribution in [1.82, 2.24) is 24.9 Å². The van der Waals surface area contributed by atoms with Gasteiger partial charge in [0.25, 0.3) is 0 Å². The molecule has 1 unspecified atom stereocenters. The standard InChI is InChI=1S/C16H22N6O3/c1-11-7-17-14(18-8-11)25-10-12-5-4-6-22(9-12)13-19-15(23-2)21-16(20-13)24-3/h7-8,12H,4-6,9-10H2,1-3H3. The summed E-state index contributed by atoms with van der Waals surface area (Å²) in [5.74, 6) is 0.896. The number of nitrogens with zero attached hydrogens (tertiary/aromatic N) is 6. The van der Waals surface area contributed by atoms with Crippen LogP contribution in [-0.2, 0) is 0 Å². The summed E-state index contributed by atoms with van der Waals surface area (Å²) in [6.45, 7) is 4.15. The number of aromatic nitrogens is 5. The van der Waals surface area contributed by atoms with Gasteiger partial charge >= 0.3 is 18.0 Å². The predicted octanol–water partition coefficient (Wildman–Crippen LogP) is 1.28. The van der Waals surface area contributed by atoms with Crippen molar-refractivity contribution in [3.05, 3.63) is 18.0 Å². The van der Waals surface area contributed by atoms with E-state index in [1.165, 1.54) is 14.2 Å². The molecule has 9 nitrogen and oxygen atoms in total. The smallest absolute Gasteiger partial charge is 0.324 e. The number of hydrogen-bond donors (Lipinski definition) is 0. The fraction of sp³-hybridized carbons (Fsp3) is 0.562. The van der Waals surface area contributed by atoms with Crippen LogP contribution in [-0.4, -0.2) is 58.8 Å². The zero-order valence-electron chi connectivity index (χ0n) is 14.7. The van der Waals surface area contributed by atoms with Gasteiger partial charge in [-0.3, -0.25) is 0 Å². The van der Waals surface area contributed by atoms with E-state index in [4.69, 9.17) is 14.2 Å². The lowest BCUT2D eigenvalue weighted by atomic mass is 9.99. The van der Waals surface area contributed by atoms with Crippen molar-refractivity contribution in [3.8, 4) is 18.0 Å². The van der Waals surface area contributed by atoms with E-state index in [0.29, 0.717) is 24.5 Å². The Morgan fingerprint density at radius 3 is 2.36 bits per heavy atom. The molecule has 1 aliphatic heterocycles. The number of piperidine rings is 1. The van der Waals surface area contributed by atoms with E-state index in [1.807, 2.05) is 6.92 Å². The first-order valence-electron chi connectivity index (χ1n) is 8.18. The maximum absolute atomic E-state index is 5.72. The highest BCUT2D eigenvalue weighted by Gasteiger charge is 2.24. The summed E-state index contributed by atoms with van der Waals surface area (Å²) < 4.78 is 16.0. The Morgan fingerprint density at radius 2 is 1.72 bits per heavy atom. The highest BCUT2D eigenvalue weighted by molar-refractivity contribution is 5.33. The zero-order valence-corrected chi connectivity index (χ0v) is 14.7. The molecule has 1 fully saturated rings. The lowest BCUT2D eigenvalue weighted by molar-refractivity contribution is 0.213. The van der Waals surface area contributed by atoms with Gasteiger partial charge in [0.15, 0.2) is 0 Å². The number of rotatable bonds is 6. The molecule has 0 radical (unpaired) electrons. The van der Waals surface area contributed by atoms with Crippen molar-refractivity contribution < 1.29 is 14.2 Å². The van der Waals surface area contributed by atoms with Gasteiger partial charge in [-0.05, 0) is 25.3 Å². The minimum Gasteiger partial charge on any atom is -0.467 e. The average Bonchev–Trinajstić information content (AvgIpc) is 2.67. The van der Waals surface area contributed by atoms with Crippen molar-refractivity contribution in [3.63, 3.8) is 0 Å². The third-order valence-corrected chi connectivity index (χ3v) is 3.95. The molecular weight excluding hydrogens is 324 g/mol.